The number of amides is 2. The summed E-state index contributed by atoms with van der Waals surface area (Å²) in [7, 11) is 1.78. The maximum absolute atomic E-state index is 13.1. The first-order chi connectivity index (χ1) is 13.0. The topological polar surface area (TPSA) is 71.3 Å². The molecule has 2 aromatic heterocycles. The number of aromatic nitrogens is 3. The van der Waals surface area contributed by atoms with Crippen molar-refractivity contribution in [2.24, 2.45) is 13.0 Å². The number of piperidine rings is 1. The zero-order valence-corrected chi connectivity index (χ0v) is 16.2. The highest BCUT2D eigenvalue weighted by molar-refractivity contribution is 6.34. The molecule has 0 aromatic carbocycles. The third kappa shape index (κ3) is 3.20. The van der Waals surface area contributed by atoms with Gasteiger partial charge in [0, 0.05) is 38.9 Å². The maximum atomic E-state index is 13.1. The number of carbonyl (C=O) groups excluding carboxylic acids is 2. The van der Waals surface area contributed by atoms with Crippen LogP contribution >= 0.6 is 11.6 Å². The molecule has 2 aromatic rings. The van der Waals surface area contributed by atoms with Gasteiger partial charge < -0.3 is 9.80 Å². The van der Waals surface area contributed by atoms with Crippen LogP contribution < -0.4 is 0 Å². The smallest absolute Gasteiger partial charge is 0.276 e. The molecule has 8 heteroatoms. The molecule has 2 bridgehead atoms. The van der Waals surface area contributed by atoms with E-state index >= 15 is 0 Å². The van der Waals surface area contributed by atoms with Crippen molar-refractivity contribution in [3.63, 3.8) is 0 Å². The fraction of sp³-hybridized carbons (Fsp3) is 0.474. The minimum Gasteiger partial charge on any atom is -0.335 e. The number of fused-ring (bicyclic) bond motifs is 4. The highest BCUT2D eigenvalue weighted by atomic mass is 35.5. The zero-order valence-electron chi connectivity index (χ0n) is 15.4. The molecule has 0 unspecified atom stereocenters. The van der Waals surface area contributed by atoms with Gasteiger partial charge >= 0.3 is 0 Å². The minimum absolute atomic E-state index is 0.0257. The Balaban J connectivity index is 1.57. The Hall–Kier alpha value is -2.41. The molecule has 5 rings (SSSR count). The van der Waals surface area contributed by atoms with Crippen molar-refractivity contribution in [2.45, 2.75) is 25.8 Å². The summed E-state index contributed by atoms with van der Waals surface area (Å²) >= 11 is 6.33. The minimum atomic E-state index is -0.148. The molecule has 3 aliphatic rings. The molecular formula is C19H22ClN5O2. The molecule has 0 spiro atoms. The molecule has 3 saturated heterocycles. The predicted octanol–water partition coefficient (Wildman–Crippen LogP) is 2.15. The van der Waals surface area contributed by atoms with Gasteiger partial charge in [0.25, 0.3) is 11.8 Å². The summed E-state index contributed by atoms with van der Waals surface area (Å²) in [4.78, 5) is 33.8. The Morgan fingerprint density at radius 2 is 1.96 bits per heavy atom. The van der Waals surface area contributed by atoms with E-state index in [9.17, 15) is 9.59 Å². The molecular weight excluding hydrogens is 366 g/mol. The second-order valence-corrected chi connectivity index (χ2v) is 7.73. The molecule has 142 valence electrons. The lowest BCUT2D eigenvalue weighted by atomic mass is 9.94. The summed E-state index contributed by atoms with van der Waals surface area (Å²) in [6, 6.07) is 5.31. The maximum Gasteiger partial charge on any atom is 0.276 e. The molecule has 0 N–H and O–H groups in total. The first-order valence-corrected chi connectivity index (χ1v) is 9.54. The van der Waals surface area contributed by atoms with Crippen LogP contribution in [0.25, 0.3) is 0 Å². The van der Waals surface area contributed by atoms with Gasteiger partial charge in [-0.05, 0) is 37.8 Å². The summed E-state index contributed by atoms with van der Waals surface area (Å²) in [5.74, 6) is 0.0305. The first-order valence-electron chi connectivity index (χ1n) is 9.16. The van der Waals surface area contributed by atoms with Gasteiger partial charge in [-0.1, -0.05) is 17.7 Å². The van der Waals surface area contributed by atoms with Crippen molar-refractivity contribution in [2.75, 3.05) is 19.6 Å². The molecule has 3 fully saturated rings. The van der Waals surface area contributed by atoms with E-state index < -0.39 is 0 Å². The highest BCUT2D eigenvalue weighted by Crippen LogP contribution is 2.31. The van der Waals surface area contributed by atoms with Gasteiger partial charge in [0.15, 0.2) is 5.69 Å². The zero-order chi connectivity index (χ0) is 19.1. The molecule has 3 aliphatic heterocycles. The van der Waals surface area contributed by atoms with Gasteiger partial charge in [0.05, 0.1) is 10.7 Å². The fourth-order valence-electron chi connectivity index (χ4n) is 4.00. The number of pyridine rings is 1. The molecule has 5 heterocycles. The third-order valence-electron chi connectivity index (χ3n) is 5.61. The summed E-state index contributed by atoms with van der Waals surface area (Å²) in [5, 5.41) is 4.71. The largest absolute Gasteiger partial charge is 0.335 e. The second-order valence-electron chi connectivity index (χ2n) is 7.35. The van der Waals surface area contributed by atoms with Crippen LogP contribution in [0.3, 0.4) is 0 Å². The lowest BCUT2D eigenvalue weighted by Crippen LogP contribution is -2.48. The first kappa shape index (κ1) is 18.0. The van der Waals surface area contributed by atoms with E-state index in [4.69, 9.17) is 11.6 Å². The molecule has 2 atom stereocenters. The van der Waals surface area contributed by atoms with Crippen LogP contribution in [0, 0.1) is 12.8 Å². The van der Waals surface area contributed by atoms with Crippen molar-refractivity contribution in [1.29, 1.82) is 0 Å². The van der Waals surface area contributed by atoms with Crippen LogP contribution in [0.15, 0.2) is 24.4 Å². The molecule has 2 amide bonds. The highest BCUT2D eigenvalue weighted by Gasteiger charge is 2.40. The predicted molar refractivity (Wildman–Crippen MR) is 101 cm³/mol. The SMILES string of the molecule is Cc1c(Cl)c(C(=O)N2C[C@H]3CC[C@@H]2CN(C(=O)c2ccccn2)C3)nn1C. The standard InChI is InChI=1S/C19H22ClN5O2/c1-12-16(20)17(22-23(12)2)19(27)25-10-13-6-7-14(25)11-24(9-13)18(26)15-5-3-4-8-21-15/h3-5,8,13-14H,6-7,9-11H2,1-2H3/t13-,14+/m0/s1. The summed E-state index contributed by atoms with van der Waals surface area (Å²) in [6.45, 7) is 3.63. The van der Waals surface area contributed by atoms with Crippen molar-refractivity contribution >= 4 is 23.4 Å². The average molecular weight is 388 g/mol. The molecule has 27 heavy (non-hydrogen) atoms. The molecule has 7 nitrogen and oxygen atoms in total. The number of aryl methyl sites for hydroxylation is 1. The normalized spacial score (nSPS) is 22.0. The van der Waals surface area contributed by atoms with Crippen LogP contribution in [0.4, 0.5) is 0 Å². The average Bonchev–Trinajstić information content (AvgIpc) is 2.90. The van der Waals surface area contributed by atoms with Crippen LogP contribution in [0.2, 0.25) is 5.02 Å². The van der Waals surface area contributed by atoms with E-state index in [1.807, 2.05) is 22.8 Å². The van der Waals surface area contributed by atoms with Crippen molar-refractivity contribution < 1.29 is 9.59 Å². The Morgan fingerprint density at radius 1 is 1.15 bits per heavy atom. The number of halogens is 1. The lowest BCUT2D eigenvalue weighted by molar-refractivity contribution is 0.0568. The molecule has 0 aliphatic carbocycles. The Labute approximate surface area is 162 Å². The van der Waals surface area contributed by atoms with E-state index in [0.717, 1.165) is 18.5 Å². The summed E-state index contributed by atoms with van der Waals surface area (Å²) in [6.07, 6.45) is 3.52. The van der Waals surface area contributed by atoms with Gasteiger partial charge in [-0.3, -0.25) is 19.3 Å². The van der Waals surface area contributed by atoms with E-state index in [0.29, 0.717) is 36.0 Å². The number of carbonyl (C=O) groups is 2. The van der Waals surface area contributed by atoms with Gasteiger partial charge in [0.2, 0.25) is 0 Å². The van der Waals surface area contributed by atoms with Crippen LogP contribution in [-0.4, -0.2) is 62.1 Å². The van der Waals surface area contributed by atoms with Gasteiger partial charge in [-0.2, -0.15) is 5.10 Å². The number of rotatable bonds is 2. The summed E-state index contributed by atoms with van der Waals surface area (Å²) in [5.41, 5.74) is 1.51. The fourth-order valence-corrected chi connectivity index (χ4v) is 4.24. The van der Waals surface area contributed by atoms with Crippen molar-refractivity contribution in [3.05, 3.63) is 46.5 Å². The van der Waals surface area contributed by atoms with E-state index in [-0.39, 0.29) is 23.8 Å². The van der Waals surface area contributed by atoms with Crippen LogP contribution in [-0.2, 0) is 7.05 Å². The van der Waals surface area contributed by atoms with Crippen molar-refractivity contribution in [1.82, 2.24) is 24.6 Å². The Kier molecular flexibility index (Phi) is 4.63. The van der Waals surface area contributed by atoms with E-state index in [1.54, 1.807) is 30.1 Å². The van der Waals surface area contributed by atoms with Gasteiger partial charge in [-0.25, -0.2) is 0 Å². The third-order valence-corrected chi connectivity index (χ3v) is 6.06. The summed E-state index contributed by atoms with van der Waals surface area (Å²) < 4.78 is 1.63. The van der Waals surface area contributed by atoms with Crippen LogP contribution in [0.1, 0.15) is 39.5 Å². The second kappa shape index (κ2) is 6.96. The van der Waals surface area contributed by atoms with Crippen LogP contribution in [0.5, 0.6) is 0 Å². The van der Waals surface area contributed by atoms with Gasteiger partial charge in [0.1, 0.15) is 5.69 Å². The van der Waals surface area contributed by atoms with E-state index in [1.165, 1.54) is 0 Å². The van der Waals surface area contributed by atoms with Crippen molar-refractivity contribution in [3.8, 4) is 0 Å². The number of hydrogen-bond donors (Lipinski definition) is 0. The quantitative estimate of drug-likeness (QED) is 0.791. The Bertz CT molecular complexity index is 882. The Morgan fingerprint density at radius 3 is 2.63 bits per heavy atom. The lowest BCUT2D eigenvalue weighted by Gasteiger charge is -2.35. The molecule has 0 radical (unpaired) electrons. The van der Waals surface area contributed by atoms with Gasteiger partial charge in [-0.15, -0.1) is 0 Å². The monoisotopic (exact) mass is 387 g/mol. The van der Waals surface area contributed by atoms with E-state index in [2.05, 4.69) is 10.1 Å². The number of hydrogen-bond acceptors (Lipinski definition) is 4. The number of nitrogens with zero attached hydrogens (tertiary/aromatic N) is 5. The molecule has 0 saturated carbocycles.